The zero-order valence-electron chi connectivity index (χ0n) is 11.6. The molecule has 0 aliphatic heterocycles. The molecule has 0 bridgehead atoms. The second kappa shape index (κ2) is 6.83. The number of halogens is 1. The van der Waals surface area contributed by atoms with Crippen LogP contribution in [0.2, 0.25) is 0 Å². The quantitative estimate of drug-likeness (QED) is 0.745. The summed E-state index contributed by atoms with van der Waals surface area (Å²) in [5.41, 5.74) is 1.13. The highest BCUT2D eigenvalue weighted by Crippen LogP contribution is 2.19. The number of rotatable bonds is 7. The third kappa shape index (κ3) is 4.01. The number of methoxy groups -OCH3 is 1. The average molecular weight is 354 g/mol. The summed E-state index contributed by atoms with van der Waals surface area (Å²) >= 11 is 3.31. The van der Waals surface area contributed by atoms with Gasteiger partial charge in [-0.15, -0.1) is 0 Å². The number of hydrogen-bond acceptors (Lipinski definition) is 4. The lowest BCUT2D eigenvalue weighted by Crippen LogP contribution is -2.38. The van der Waals surface area contributed by atoms with E-state index in [1.807, 2.05) is 0 Å². The van der Waals surface area contributed by atoms with Gasteiger partial charge < -0.3 is 4.74 Å². The molecule has 6 nitrogen and oxygen atoms in total. The number of aromatic nitrogens is 2. The maximum Gasteiger partial charge on any atom is 0.244 e. The molecule has 1 heterocycles. The standard InChI is InChI=1S/C11H20BrN3O3S/c1-8-11(9(2)15(3)13-8)19(16,17)14-10(5-6-12)7-18-4/h10,14H,5-7H2,1-4H3. The van der Waals surface area contributed by atoms with Gasteiger partial charge in [0, 0.05) is 25.5 Å². The smallest absolute Gasteiger partial charge is 0.244 e. The molecule has 0 aromatic carbocycles. The summed E-state index contributed by atoms with van der Waals surface area (Å²) < 4.78 is 34.1. The Morgan fingerprint density at radius 2 is 2.11 bits per heavy atom. The van der Waals surface area contributed by atoms with Crippen LogP contribution in [0.4, 0.5) is 0 Å². The van der Waals surface area contributed by atoms with E-state index in [0.717, 1.165) is 0 Å². The number of nitrogens with zero attached hydrogens (tertiary/aromatic N) is 2. The number of sulfonamides is 1. The van der Waals surface area contributed by atoms with Crippen LogP contribution in [-0.2, 0) is 21.8 Å². The van der Waals surface area contributed by atoms with Gasteiger partial charge in [-0.05, 0) is 20.3 Å². The lowest BCUT2D eigenvalue weighted by atomic mass is 10.3. The molecule has 110 valence electrons. The Bertz CT molecular complexity index is 522. The van der Waals surface area contributed by atoms with Gasteiger partial charge in [0.1, 0.15) is 4.90 Å². The molecule has 1 aromatic rings. The van der Waals surface area contributed by atoms with Gasteiger partial charge in [0.05, 0.1) is 18.0 Å². The Balaban J connectivity index is 3.03. The van der Waals surface area contributed by atoms with Crippen LogP contribution in [0.5, 0.6) is 0 Å². The molecule has 1 unspecified atom stereocenters. The molecule has 8 heteroatoms. The fourth-order valence-corrected chi connectivity index (χ4v) is 4.18. The van der Waals surface area contributed by atoms with Crippen LogP contribution in [0.3, 0.4) is 0 Å². The number of ether oxygens (including phenoxy) is 1. The molecule has 19 heavy (non-hydrogen) atoms. The van der Waals surface area contributed by atoms with Gasteiger partial charge in [-0.25, -0.2) is 13.1 Å². The minimum absolute atomic E-state index is 0.255. The van der Waals surface area contributed by atoms with Crippen LogP contribution < -0.4 is 4.72 Å². The molecule has 0 aliphatic rings. The lowest BCUT2D eigenvalue weighted by molar-refractivity contribution is 0.173. The van der Waals surface area contributed by atoms with Crippen LogP contribution in [0.25, 0.3) is 0 Å². The Labute approximate surface area is 122 Å². The predicted octanol–water partition coefficient (Wildman–Crippen LogP) is 1.12. The Kier molecular flexibility index (Phi) is 5.97. The fraction of sp³-hybridized carbons (Fsp3) is 0.727. The van der Waals surface area contributed by atoms with Gasteiger partial charge in [-0.2, -0.15) is 5.10 Å². The van der Waals surface area contributed by atoms with E-state index >= 15 is 0 Å². The van der Waals surface area contributed by atoms with Crippen LogP contribution in [0, 0.1) is 13.8 Å². The number of alkyl halides is 1. The van der Waals surface area contributed by atoms with Gasteiger partial charge in [0.2, 0.25) is 10.0 Å². The third-order valence-corrected chi connectivity index (χ3v) is 5.09. The lowest BCUT2D eigenvalue weighted by Gasteiger charge is -2.17. The van der Waals surface area contributed by atoms with E-state index in [1.54, 1.807) is 32.7 Å². The van der Waals surface area contributed by atoms with E-state index in [-0.39, 0.29) is 10.9 Å². The maximum absolute atomic E-state index is 12.4. The van der Waals surface area contributed by atoms with Crippen molar-refractivity contribution in [1.82, 2.24) is 14.5 Å². The highest BCUT2D eigenvalue weighted by molar-refractivity contribution is 9.09. The average Bonchev–Trinajstić information content (AvgIpc) is 2.53. The van der Waals surface area contributed by atoms with Crippen molar-refractivity contribution in [3.05, 3.63) is 11.4 Å². The largest absolute Gasteiger partial charge is 0.383 e. The monoisotopic (exact) mass is 353 g/mol. The van der Waals surface area contributed by atoms with Crippen molar-refractivity contribution >= 4 is 26.0 Å². The summed E-state index contributed by atoms with van der Waals surface area (Å²) in [5.74, 6) is 0. The zero-order valence-corrected chi connectivity index (χ0v) is 14.0. The molecule has 1 rings (SSSR count). The van der Waals surface area contributed by atoms with Crippen molar-refractivity contribution < 1.29 is 13.2 Å². The molecule has 0 spiro atoms. The summed E-state index contributed by atoms with van der Waals surface area (Å²) in [4.78, 5) is 0.255. The van der Waals surface area contributed by atoms with Crippen molar-refractivity contribution in [2.24, 2.45) is 7.05 Å². The molecule has 0 aliphatic carbocycles. The van der Waals surface area contributed by atoms with Crippen LogP contribution in [0.15, 0.2) is 4.90 Å². The number of hydrogen-bond donors (Lipinski definition) is 1. The number of nitrogens with one attached hydrogen (secondary N) is 1. The third-order valence-electron chi connectivity index (χ3n) is 2.86. The van der Waals surface area contributed by atoms with Crippen molar-refractivity contribution in [2.45, 2.75) is 31.2 Å². The van der Waals surface area contributed by atoms with Crippen molar-refractivity contribution in [3.63, 3.8) is 0 Å². The molecular formula is C11H20BrN3O3S. The molecular weight excluding hydrogens is 334 g/mol. The van der Waals surface area contributed by atoms with E-state index in [4.69, 9.17) is 4.74 Å². The second-order valence-corrected chi connectivity index (χ2v) is 6.82. The summed E-state index contributed by atoms with van der Waals surface area (Å²) in [5, 5.41) is 4.84. The fourth-order valence-electron chi connectivity index (χ4n) is 1.93. The number of aryl methyl sites for hydroxylation is 2. The van der Waals surface area contributed by atoms with Gasteiger partial charge in [-0.1, -0.05) is 15.9 Å². The topological polar surface area (TPSA) is 73.2 Å². The normalized spacial score (nSPS) is 13.7. The van der Waals surface area contributed by atoms with E-state index in [2.05, 4.69) is 25.8 Å². The summed E-state index contributed by atoms with van der Waals surface area (Å²) in [7, 11) is -0.298. The SMILES string of the molecule is COCC(CCBr)NS(=O)(=O)c1c(C)nn(C)c1C. The maximum atomic E-state index is 12.4. The minimum Gasteiger partial charge on any atom is -0.383 e. The van der Waals surface area contributed by atoms with Crippen LogP contribution in [0.1, 0.15) is 17.8 Å². The van der Waals surface area contributed by atoms with Crippen molar-refractivity contribution in [1.29, 1.82) is 0 Å². The van der Waals surface area contributed by atoms with Gasteiger partial charge in [-0.3, -0.25) is 4.68 Å². The molecule has 1 aromatic heterocycles. The van der Waals surface area contributed by atoms with Gasteiger partial charge in [0.15, 0.2) is 0 Å². The summed E-state index contributed by atoms with van der Waals surface area (Å²) in [6.45, 7) is 3.77. The first-order chi connectivity index (χ1) is 8.83. The summed E-state index contributed by atoms with van der Waals surface area (Å²) in [6, 6.07) is -0.256. The van der Waals surface area contributed by atoms with E-state index < -0.39 is 10.0 Å². The van der Waals surface area contributed by atoms with Crippen LogP contribution in [-0.4, -0.2) is 43.3 Å². The second-order valence-electron chi connectivity index (χ2n) is 4.37. The Morgan fingerprint density at radius 3 is 2.53 bits per heavy atom. The Hall–Kier alpha value is -0.440. The van der Waals surface area contributed by atoms with Gasteiger partial charge in [0.25, 0.3) is 0 Å². The first-order valence-corrected chi connectivity index (χ1v) is 8.51. The van der Waals surface area contributed by atoms with Gasteiger partial charge >= 0.3 is 0 Å². The highest BCUT2D eigenvalue weighted by Gasteiger charge is 2.26. The zero-order chi connectivity index (χ0) is 14.6. The molecule has 1 N–H and O–H groups in total. The summed E-state index contributed by atoms with van der Waals surface area (Å²) in [6.07, 6.45) is 0.658. The Morgan fingerprint density at radius 1 is 1.47 bits per heavy atom. The molecule has 1 atom stereocenters. The predicted molar refractivity (Wildman–Crippen MR) is 77.1 cm³/mol. The molecule has 0 fully saturated rings. The minimum atomic E-state index is -3.58. The highest BCUT2D eigenvalue weighted by atomic mass is 79.9. The van der Waals surface area contributed by atoms with Crippen molar-refractivity contribution in [2.75, 3.05) is 19.0 Å². The van der Waals surface area contributed by atoms with E-state index in [0.29, 0.717) is 29.7 Å². The first kappa shape index (κ1) is 16.6. The van der Waals surface area contributed by atoms with E-state index in [1.165, 1.54) is 0 Å². The van der Waals surface area contributed by atoms with Crippen LogP contribution >= 0.6 is 15.9 Å². The molecule has 0 amide bonds. The van der Waals surface area contributed by atoms with E-state index in [9.17, 15) is 8.42 Å². The molecule has 0 saturated carbocycles. The molecule has 0 saturated heterocycles. The van der Waals surface area contributed by atoms with Crippen molar-refractivity contribution in [3.8, 4) is 0 Å². The first-order valence-electron chi connectivity index (χ1n) is 5.91. The molecule has 0 radical (unpaired) electrons.